The maximum absolute atomic E-state index is 11.7. The van der Waals surface area contributed by atoms with Crippen LogP contribution >= 0.6 is 0 Å². The Labute approximate surface area is 87.7 Å². The molecule has 0 bridgehead atoms. The van der Waals surface area contributed by atoms with Crippen molar-refractivity contribution < 1.29 is 9.59 Å². The van der Waals surface area contributed by atoms with Crippen molar-refractivity contribution >= 4 is 12.1 Å². The highest BCUT2D eigenvalue weighted by molar-refractivity contribution is 5.87. The van der Waals surface area contributed by atoms with Crippen LogP contribution in [-0.2, 0) is 0 Å². The minimum Gasteiger partial charge on any atom is -0.312 e. The number of hydrogen-bond acceptors (Lipinski definition) is 2. The standard InChI is InChI=1S/C9H14N4O2/c1-4-5-13-7(15)12-8(2)9(13,3)11-6(14)10-8/h4H,1,5H2,2-3H3,(H,12,15)(H2,10,11,14). The summed E-state index contributed by atoms with van der Waals surface area (Å²) in [6.45, 7) is 7.55. The summed E-state index contributed by atoms with van der Waals surface area (Å²) in [4.78, 5) is 24.5. The Morgan fingerprint density at radius 2 is 2.00 bits per heavy atom. The zero-order valence-electron chi connectivity index (χ0n) is 8.76. The quantitative estimate of drug-likeness (QED) is 0.559. The van der Waals surface area contributed by atoms with Crippen LogP contribution < -0.4 is 16.0 Å². The van der Waals surface area contributed by atoms with Crippen LogP contribution in [0.4, 0.5) is 9.59 Å². The molecule has 2 aliphatic rings. The number of amides is 4. The number of carbonyl (C=O) groups is 2. The van der Waals surface area contributed by atoms with Gasteiger partial charge in [0.2, 0.25) is 0 Å². The Morgan fingerprint density at radius 1 is 1.33 bits per heavy atom. The van der Waals surface area contributed by atoms with Crippen molar-refractivity contribution in [1.82, 2.24) is 20.9 Å². The molecule has 6 nitrogen and oxygen atoms in total. The molecule has 4 amide bonds. The van der Waals surface area contributed by atoms with E-state index in [-0.39, 0.29) is 12.1 Å². The highest BCUT2D eigenvalue weighted by Gasteiger charge is 2.63. The fraction of sp³-hybridized carbons (Fsp3) is 0.556. The molecule has 3 N–H and O–H groups in total. The lowest BCUT2D eigenvalue weighted by Gasteiger charge is -2.36. The number of nitrogens with zero attached hydrogens (tertiary/aromatic N) is 1. The molecule has 2 unspecified atom stereocenters. The van der Waals surface area contributed by atoms with Crippen molar-refractivity contribution in [2.24, 2.45) is 0 Å². The first-order chi connectivity index (χ1) is 6.93. The number of urea groups is 2. The lowest BCUT2D eigenvalue weighted by Crippen LogP contribution is -2.62. The molecule has 2 atom stereocenters. The molecule has 0 spiro atoms. The minimum absolute atomic E-state index is 0.215. The maximum atomic E-state index is 11.7. The predicted molar refractivity (Wildman–Crippen MR) is 53.9 cm³/mol. The molecule has 2 saturated heterocycles. The first-order valence-corrected chi connectivity index (χ1v) is 4.74. The molecule has 15 heavy (non-hydrogen) atoms. The zero-order chi connectivity index (χ0) is 11.3. The van der Waals surface area contributed by atoms with E-state index in [1.54, 1.807) is 19.9 Å². The Hall–Kier alpha value is -1.72. The van der Waals surface area contributed by atoms with Crippen LogP contribution in [0.5, 0.6) is 0 Å². The van der Waals surface area contributed by atoms with Crippen LogP contribution in [-0.4, -0.2) is 34.8 Å². The molecule has 82 valence electrons. The van der Waals surface area contributed by atoms with Gasteiger partial charge in [-0.3, -0.25) is 4.90 Å². The Morgan fingerprint density at radius 3 is 2.60 bits per heavy atom. The monoisotopic (exact) mass is 210 g/mol. The van der Waals surface area contributed by atoms with Crippen LogP contribution in [0, 0.1) is 0 Å². The van der Waals surface area contributed by atoms with Gasteiger partial charge in [0.25, 0.3) is 0 Å². The van der Waals surface area contributed by atoms with E-state index >= 15 is 0 Å². The van der Waals surface area contributed by atoms with Crippen LogP contribution in [0.15, 0.2) is 12.7 Å². The molecule has 6 heteroatoms. The minimum atomic E-state index is -0.774. The number of carbonyl (C=O) groups excluding carboxylic acids is 2. The van der Waals surface area contributed by atoms with E-state index in [9.17, 15) is 9.59 Å². The third-order valence-electron chi connectivity index (χ3n) is 3.15. The Balaban J connectivity index is 2.39. The average Bonchev–Trinajstić information content (AvgIpc) is 2.40. The third kappa shape index (κ3) is 1.04. The van der Waals surface area contributed by atoms with Crippen LogP contribution in [0.2, 0.25) is 0 Å². The molecular formula is C9H14N4O2. The Kier molecular flexibility index (Phi) is 1.74. The van der Waals surface area contributed by atoms with Crippen molar-refractivity contribution in [2.45, 2.75) is 25.2 Å². The first kappa shape index (κ1) is 9.82. The smallest absolute Gasteiger partial charge is 0.312 e. The second-order valence-electron chi connectivity index (χ2n) is 4.11. The molecule has 0 radical (unpaired) electrons. The van der Waals surface area contributed by atoms with Gasteiger partial charge in [-0.2, -0.15) is 0 Å². The maximum Gasteiger partial charge on any atom is 0.321 e. The summed E-state index contributed by atoms with van der Waals surface area (Å²) in [5.74, 6) is 0. The van der Waals surface area contributed by atoms with Gasteiger partial charge in [-0.05, 0) is 13.8 Å². The van der Waals surface area contributed by atoms with Gasteiger partial charge >= 0.3 is 12.1 Å². The summed E-state index contributed by atoms with van der Waals surface area (Å²) in [7, 11) is 0. The number of hydrogen-bond donors (Lipinski definition) is 3. The van der Waals surface area contributed by atoms with Gasteiger partial charge in [0, 0.05) is 6.54 Å². The molecule has 2 fully saturated rings. The predicted octanol–water partition coefficient (Wildman–Crippen LogP) is -0.0572. The molecule has 0 saturated carbocycles. The Bertz CT molecular complexity index is 356. The van der Waals surface area contributed by atoms with E-state index in [1.807, 2.05) is 0 Å². The van der Waals surface area contributed by atoms with Gasteiger partial charge in [0.15, 0.2) is 11.3 Å². The molecule has 0 aromatic carbocycles. The lowest BCUT2D eigenvalue weighted by atomic mass is 9.99. The summed E-state index contributed by atoms with van der Waals surface area (Å²) < 4.78 is 0. The van der Waals surface area contributed by atoms with Crippen molar-refractivity contribution in [3.05, 3.63) is 12.7 Å². The van der Waals surface area contributed by atoms with Gasteiger partial charge in [-0.15, -0.1) is 6.58 Å². The van der Waals surface area contributed by atoms with Gasteiger partial charge in [-0.1, -0.05) is 6.08 Å². The van der Waals surface area contributed by atoms with Gasteiger partial charge in [-0.25, -0.2) is 9.59 Å². The third-order valence-corrected chi connectivity index (χ3v) is 3.15. The topological polar surface area (TPSA) is 73.5 Å². The summed E-state index contributed by atoms with van der Waals surface area (Å²) in [5.41, 5.74) is -1.53. The van der Waals surface area contributed by atoms with Crippen LogP contribution in [0.25, 0.3) is 0 Å². The van der Waals surface area contributed by atoms with E-state index in [0.717, 1.165) is 0 Å². The summed E-state index contributed by atoms with van der Waals surface area (Å²) in [6, 6.07) is -0.499. The number of nitrogens with one attached hydrogen (secondary N) is 3. The van der Waals surface area contributed by atoms with Crippen LogP contribution in [0.3, 0.4) is 0 Å². The first-order valence-electron chi connectivity index (χ1n) is 4.74. The van der Waals surface area contributed by atoms with Crippen molar-refractivity contribution in [3.63, 3.8) is 0 Å². The highest BCUT2D eigenvalue weighted by atomic mass is 16.2. The summed E-state index contributed by atoms with van der Waals surface area (Å²) >= 11 is 0. The van der Waals surface area contributed by atoms with Gasteiger partial charge in [0.05, 0.1) is 0 Å². The largest absolute Gasteiger partial charge is 0.321 e. The molecule has 2 aliphatic heterocycles. The highest BCUT2D eigenvalue weighted by Crippen LogP contribution is 2.33. The molecule has 0 aliphatic carbocycles. The van der Waals surface area contributed by atoms with E-state index in [2.05, 4.69) is 22.5 Å². The van der Waals surface area contributed by atoms with Crippen molar-refractivity contribution in [1.29, 1.82) is 0 Å². The lowest BCUT2D eigenvalue weighted by molar-refractivity contribution is 0.123. The molecule has 2 heterocycles. The molecular weight excluding hydrogens is 196 g/mol. The SMILES string of the molecule is C=CCN1C(=O)NC2(C)NC(=O)NC12C. The van der Waals surface area contributed by atoms with Crippen molar-refractivity contribution in [2.75, 3.05) is 6.54 Å². The number of fused-ring (bicyclic) bond motifs is 1. The van der Waals surface area contributed by atoms with Gasteiger partial charge < -0.3 is 16.0 Å². The summed E-state index contributed by atoms with van der Waals surface area (Å²) in [6.07, 6.45) is 1.63. The summed E-state index contributed by atoms with van der Waals surface area (Å²) in [5, 5.41) is 8.18. The fourth-order valence-corrected chi connectivity index (χ4v) is 2.10. The second-order valence-corrected chi connectivity index (χ2v) is 4.11. The zero-order valence-corrected chi connectivity index (χ0v) is 8.76. The van der Waals surface area contributed by atoms with E-state index < -0.39 is 11.3 Å². The van der Waals surface area contributed by atoms with Crippen molar-refractivity contribution in [3.8, 4) is 0 Å². The van der Waals surface area contributed by atoms with Gasteiger partial charge in [0.1, 0.15) is 0 Å². The molecule has 2 rings (SSSR count). The van der Waals surface area contributed by atoms with E-state index in [0.29, 0.717) is 6.54 Å². The average molecular weight is 210 g/mol. The molecule has 0 aromatic heterocycles. The molecule has 0 aromatic rings. The van der Waals surface area contributed by atoms with E-state index in [4.69, 9.17) is 0 Å². The second kappa shape index (κ2) is 2.65. The normalized spacial score (nSPS) is 38.1. The van der Waals surface area contributed by atoms with Crippen LogP contribution in [0.1, 0.15) is 13.8 Å². The number of rotatable bonds is 2. The fourth-order valence-electron chi connectivity index (χ4n) is 2.10. The van der Waals surface area contributed by atoms with E-state index in [1.165, 1.54) is 4.90 Å².